The molecule has 11 nitrogen and oxygen atoms in total. The van der Waals surface area contributed by atoms with Gasteiger partial charge < -0.3 is 34.2 Å². The lowest BCUT2D eigenvalue weighted by Gasteiger charge is -2.60. The van der Waals surface area contributed by atoms with Gasteiger partial charge in [0, 0.05) is 48.8 Å². The molecule has 0 radical (unpaired) electrons. The first-order chi connectivity index (χ1) is 27.9. The van der Waals surface area contributed by atoms with E-state index >= 15 is 0 Å². The number of carbonyl (C=O) groups excluding carboxylic acids is 2. The molecule has 1 amide bonds. The third-order valence-electron chi connectivity index (χ3n) is 11.4. The number of carbonyl (C=O) groups is 2. The third kappa shape index (κ3) is 8.69. The number of benzene rings is 3. The number of nitriles is 1. The van der Waals surface area contributed by atoms with Crippen molar-refractivity contribution in [1.82, 2.24) is 4.90 Å². The van der Waals surface area contributed by atoms with Crippen LogP contribution < -0.4 is 9.47 Å². The highest BCUT2D eigenvalue weighted by molar-refractivity contribution is 6.03. The Hall–Kier alpha value is -5.28. The number of allylic oxidation sites excluding steroid dienone is 1. The molecule has 1 heterocycles. The summed E-state index contributed by atoms with van der Waals surface area (Å²) in [4.78, 5) is 33.7. The zero-order chi connectivity index (χ0) is 40.4. The number of aldehydes is 1. The fraction of sp³-hybridized carbons (Fsp3) is 0.435. The van der Waals surface area contributed by atoms with Gasteiger partial charge >= 0.3 is 0 Å². The molecule has 57 heavy (non-hydrogen) atoms. The van der Waals surface area contributed by atoms with Crippen molar-refractivity contribution >= 4 is 17.9 Å². The Balaban J connectivity index is 1.58. The summed E-state index contributed by atoms with van der Waals surface area (Å²) < 4.78 is 20.7. The van der Waals surface area contributed by atoms with Crippen LogP contribution in [0.4, 0.5) is 0 Å². The molecule has 3 aromatic carbocycles. The second-order valence-corrected chi connectivity index (χ2v) is 14.9. The van der Waals surface area contributed by atoms with Crippen LogP contribution >= 0.6 is 0 Å². The molecule has 0 unspecified atom stereocenters. The number of amides is 1. The Labute approximate surface area is 335 Å². The van der Waals surface area contributed by atoms with Crippen LogP contribution in [0.5, 0.6) is 17.2 Å². The van der Waals surface area contributed by atoms with Gasteiger partial charge in [-0.1, -0.05) is 49.2 Å². The Morgan fingerprint density at radius 2 is 1.81 bits per heavy atom. The quantitative estimate of drug-likeness (QED) is 0.0535. The van der Waals surface area contributed by atoms with Crippen molar-refractivity contribution in [2.75, 3.05) is 33.5 Å². The third-order valence-corrected chi connectivity index (χ3v) is 11.4. The predicted octanol–water partition coefficient (Wildman–Crippen LogP) is 7.98. The van der Waals surface area contributed by atoms with E-state index in [4.69, 9.17) is 19.0 Å². The van der Waals surface area contributed by atoms with Crippen LogP contribution in [0.25, 0.3) is 0 Å². The van der Waals surface area contributed by atoms with Gasteiger partial charge in [0.15, 0.2) is 0 Å². The minimum Gasteiger partial charge on any atom is -0.459 e. The molecule has 0 saturated heterocycles. The van der Waals surface area contributed by atoms with Crippen LogP contribution in [0, 0.1) is 29.1 Å². The van der Waals surface area contributed by atoms with Crippen molar-refractivity contribution in [3.05, 3.63) is 113 Å². The van der Waals surface area contributed by atoms with Crippen LogP contribution in [0.1, 0.15) is 96.1 Å². The number of ether oxygens (including phenoxy) is 3. The van der Waals surface area contributed by atoms with E-state index in [1.165, 1.54) is 7.11 Å². The van der Waals surface area contributed by atoms with Crippen molar-refractivity contribution < 1.29 is 38.9 Å². The maximum atomic E-state index is 14.7. The van der Waals surface area contributed by atoms with Crippen molar-refractivity contribution in [1.29, 1.82) is 5.26 Å². The number of hydrogen-bond acceptors (Lipinski definition) is 10. The molecule has 3 aliphatic rings. The Kier molecular flexibility index (Phi) is 14.0. The highest BCUT2D eigenvalue weighted by Crippen LogP contribution is 2.62. The molecule has 300 valence electrons. The fourth-order valence-corrected chi connectivity index (χ4v) is 9.10. The monoisotopic (exact) mass is 775 g/mol. The number of aliphatic hydroxyl groups is 2. The zero-order valence-corrected chi connectivity index (χ0v) is 32.8. The minimum atomic E-state index is -1.40. The van der Waals surface area contributed by atoms with E-state index < -0.39 is 17.7 Å². The molecule has 6 rings (SSSR count). The Bertz CT molecular complexity index is 1990. The fourth-order valence-electron chi connectivity index (χ4n) is 9.10. The maximum absolute atomic E-state index is 14.7. The van der Waals surface area contributed by atoms with Crippen molar-refractivity contribution in [2.24, 2.45) is 22.9 Å². The highest BCUT2D eigenvalue weighted by Gasteiger charge is 2.65. The summed E-state index contributed by atoms with van der Waals surface area (Å²) in [5.74, 6) is -0.478. The highest BCUT2D eigenvalue weighted by atomic mass is 16.7. The van der Waals surface area contributed by atoms with Crippen LogP contribution in [-0.4, -0.2) is 78.3 Å². The number of oxime groups is 1. The number of nitrogens with zero attached hydrogens (tertiary/aromatic N) is 3. The lowest BCUT2D eigenvalue weighted by atomic mass is 9.55. The lowest BCUT2D eigenvalue weighted by molar-refractivity contribution is -0.254. The molecule has 0 bridgehead atoms. The molecule has 1 saturated carbocycles. The molecule has 1 aliphatic heterocycles. The second kappa shape index (κ2) is 19.2. The van der Waals surface area contributed by atoms with Gasteiger partial charge in [-0.25, -0.2) is 0 Å². The average Bonchev–Trinajstić information content (AvgIpc) is 3.23. The number of hydrogen-bond donors (Lipinski definition) is 2. The van der Waals surface area contributed by atoms with E-state index in [1.807, 2.05) is 30.0 Å². The summed E-state index contributed by atoms with van der Waals surface area (Å²) in [7, 11) is 1.52. The topological polar surface area (TPSA) is 151 Å². The van der Waals surface area contributed by atoms with E-state index in [9.17, 15) is 25.1 Å². The van der Waals surface area contributed by atoms with Gasteiger partial charge in [-0.15, -0.1) is 6.58 Å². The van der Waals surface area contributed by atoms with Gasteiger partial charge in [0.05, 0.1) is 29.9 Å². The molecule has 11 heteroatoms. The Morgan fingerprint density at radius 1 is 1.05 bits per heavy atom. The van der Waals surface area contributed by atoms with Gasteiger partial charge in [0.25, 0.3) is 5.91 Å². The number of aliphatic hydroxyl groups excluding tert-OH is 2. The van der Waals surface area contributed by atoms with Crippen LogP contribution in [0.15, 0.2) is 96.2 Å². The van der Waals surface area contributed by atoms with Gasteiger partial charge in [-0.2, -0.15) is 5.26 Å². The second-order valence-electron chi connectivity index (χ2n) is 14.9. The van der Waals surface area contributed by atoms with Crippen molar-refractivity contribution in [3.8, 4) is 23.3 Å². The SMILES string of the molecule is C=CCO[C@@]12Oc3ccc(Oc4cccc(C=O)c4)cc3[C@H]3[C@H](CCCCO)[C@@H](CCCCO)C=C(C(=NOC)C[C@@H]1N(CCC)C(=O)c1ccc(C#N)cc1)[C@H]32. The average molecular weight is 776 g/mol. The summed E-state index contributed by atoms with van der Waals surface area (Å²) in [6.45, 7) is 6.75. The number of fused-ring (bicyclic) bond motifs is 2. The van der Waals surface area contributed by atoms with E-state index in [2.05, 4.69) is 23.9 Å². The maximum Gasteiger partial charge on any atom is 0.254 e. The molecule has 0 aromatic heterocycles. The summed E-state index contributed by atoms with van der Waals surface area (Å²) in [5, 5.41) is 33.8. The summed E-state index contributed by atoms with van der Waals surface area (Å²) in [5.41, 5.74) is 3.96. The largest absolute Gasteiger partial charge is 0.459 e. The summed E-state index contributed by atoms with van der Waals surface area (Å²) in [6, 6.07) is 20.9. The van der Waals surface area contributed by atoms with Gasteiger partial charge in [0.2, 0.25) is 5.79 Å². The molecule has 3 aromatic rings. The van der Waals surface area contributed by atoms with Gasteiger partial charge in [0.1, 0.15) is 36.7 Å². The molecular formula is C46H53N3O8. The molecule has 2 N–H and O–H groups in total. The predicted molar refractivity (Wildman–Crippen MR) is 216 cm³/mol. The molecule has 1 fully saturated rings. The molecule has 6 atom stereocenters. The van der Waals surface area contributed by atoms with E-state index in [1.54, 1.807) is 54.6 Å². The molecular weight excluding hydrogens is 723 g/mol. The minimum absolute atomic E-state index is 0.0448. The number of unbranched alkanes of at least 4 members (excludes halogenated alkanes) is 2. The first-order valence-electron chi connectivity index (χ1n) is 20.0. The van der Waals surface area contributed by atoms with E-state index in [-0.39, 0.29) is 49.9 Å². The van der Waals surface area contributed by atoms with Crippen molar-refractivity contribution in [3.63, 3.8) is 0 Å². The van der Waals surface area contributed by atoms with Crippen LogP contribution in [0.3, 0.4) is 0 Å². The lowest BCUT2D eigenvalue weighted by Crippen LogP contribution is -2.70. The summed E-state index contributed by atoms with van der Waals surface area (Å²) >= 11 is 0. The Morgan fingerprint density at radius 3 is 2.49 bits per heavy atom. The smallest absolute Gasteiger partial charge is 0.254 e. The standard InChI is InChI=1S/C46H53N3O8/c1-4-21-49(45(53)33-17-15-31(29-47)16-18-33)42-28-40(48-54-3)38-26-34(12-6-8-22-50)37(14-7-9-23-51)43-39-27-36(56-35-13-10-11-32(25-35)30-52)19-20-41(39)57-46(42,44(38)43)55-24-5-2/h5,10-11,13,15-20,25-27,30,34,37,42-44,50-51H,2,4,6-9,12,14,21-24,28H2,1,3H3/t34-,37+,42-,43+,44+,46+/m0/s1. The van der Waals surface area contributed by atoms with Crippen LogP contribution in [0.2, 0.25) is 0 Å². The first kappa shape index (κ1) is 41.4. The van der Waals surface area contributed by atoms with Crippen LogP contribution in [-0.2, 0) is 9.57 Å². The zero-order valence-electron chi connectivity index (χ0n) is 32.8. The molecule has 2 aliphatic carbocycles. The summed E-state index contributed by atoms with van der Waals surface area (Å²) in [6.07, 6.45) is 10.3. The van der Waals surface area contributed by atoms with Crippen molar-refractivity contribution in [2.45, 2.75) is 76.0 Å². The van der Waals surface area contributed by atoms with Gasteiger partial charge in [-0.05, 0) is 104 Å². The van der Waals surface area contributed by atoms with Gasteiger partial charge in [-0.3, -0.25) is 9.59 Å². The number of rotatable bonds is 19. The van der Waals surface area contributed by atoms with E-state index in [0.29, 0.717) is 65.5 Å². The molecule has 0 spiro atoms. The first-order valence-corrected chi connectivity index (χ1v) is 20.0. The normalized spacial score (nSPS) is 23.9. The van der Waals surface area contributed by atoms with E-state index in [0.717, 1.165) is 43.1 Å².